The molecule has 1 atom stereocenters. The van der Waals surface area contributed by atoms with E-state index in [2.05, 4.69) is 23.8 Å². The van der Waals surface area contributed by atoms with Crippen LogP contribution in [-0.4, -0.2) is 22.7 Å². The largest absolute Gasteiger partial charge is 0.476 e. The average molecular weight is 239 g/mol. The van der Waals surface area contributed by atoms with Crippen LogP contribution >= 0.6 is 0 Å². The fourth-order valence-corrected chi connectivity index (χ4v) is 1.08. The van der Waals surface area contributed by atoms with Gasteiger partial charge in [0.2, 0.25) is 11.8 Å². The highest BCUT2D eigenvalue weighted by atomic mass is 16.5. The van der Waals surface area contributed by atoms with Crippen LogP contribution in [0.15, 0.2) is 6.33 Å². The zero-order chi connectivity index (χ0) is 12.8. The number of ether oxygens (including phenoxy) is 2. The summed E-state index contributed by atoms with van der Waals surface area (Å²) in [5.41, 5.74) is 6.27. The van der Waals surface area contributed by atoms with Gasteiger partial charge >= 0.3 is 0 Å². The Morgan fingerprint density at radius 3 is 2.47 bits per heavy atom. The number of hydrogen-bond acceptors (Lipinski definition) is 5. The predicted octanol–water partition coefficient (Wildman–Crippen LogP) is 2.27. The number of anilines is 1. The molecule has 0 saturated carbocycles. The summed E-state index contributed by atoms with van der Waals surface area (Å²) in [6.45, 7) is 8.75. The lowest BCUT2D eigenvalue weighted by molar-refractivity contribution is 0.163. The Labute approximate surface area is 102 Å². The molecule has 0 bridgehead atoms. The molecule has 0 aliphatic carbocycles. The Bertz CT molecular complexity index is 356. The predicted molar refractivity (Wildman–Crippen MR) is 67.2 cm³/mol. The molecule has 0 spiro atoms. The average Bonchev–Trinajstić information content (AvgIpc) is 2.30. The maximum Gasteiger partial charge on any atom is 0.244 e. The summed E-state index contributed by atoms with van der Waals surface area (Å²) in [6.07, 6.45) is 2.36. The molecule has 0 saturated heterocycles. The molecule has 1 aromatic heterocycles. The SMILES string of the molecule is CCCOc1ncnc(OC(C)C(C)C)c1N. The van der Waals surface area contributed by atoms with Crippen LogP contribution in [-0.2, 0) is 0 Å². The Balaban J connectivity index is 2.79. The standard InChI is InChI=1S/C12H21N3O2/c1-5-6-16-11-10(13)12(15-7-14-11)17-9(4)8(2)3/h7-9H,5-6,13H2,1-4H3. The molecule has 5 heteroatoms. The van der Waals surface area contributed by atoms with Crippen LogP contribution in [0.3, 0.4) is 0 Å². The number of rotatable bonds is 6. The number of aromatic nitrogens is 2. The summed E-state index contributed by atoms with van der Waals surface area (Å²) in [4.78, 5) is 8.02. The maximum absolute atomic E-state index is 5.90. The lowest BCUT2D eigenvalue weighted by atomic mass is 10.1. The Morgan fingerprint density at radius 1 is 1.24 bits per heavy atom. The highest BCUT2D eigenvalue weighted by Crippen LogP contribution is 2.28. The van der Waals surface area contributed by atoms with Crippen LogP contribution in [0.1, 0.15) is 34.1 Å². The zero-order valence-electron chi connectivity index (χ0n) is 10.9. The molecule has 0 fully saturated rings. The molecular formula is C12H21N3O2. The summed E-state index contributed by atoms with van der Waals surface area (Å²) >= 11 is 0. The highest BCUT2D eigenvalue weighted by Gasteiger charge is 2.15. The molecule has 1 heterocycles. The van der Waals surface area contributed by atoms with E-state index in [1.54, 1.807) is 0 Å². The maximum atomic E-state index is 5.90. The molecule has 0 aliphatic rings. The second kappa shape index (κ2) is 6.27. The summed E-state index contributed by atoms with van der Waals surface area (Å²) in [5.74, 6) is 1.18. The van der Waals surface area contributed by atoms with Crippen LogP contribution in [0.5, 0.6) is 11.8 Å². The van der Waals surface area contributed by atoms with Gasteiger partial charge in [-0.3, -0.25) is 0 Å². The molecule has 0 aromatic carbocycles. The first-order chi connectivity index (χ1) is 8.06. The zero-order valence-corrected chi connectivity index (χ0v) is 10.9. The van der Waals surface area contributed by atoms with Crippen molar-refractivity contribution in [2.45, 2.75) is 40.2 Å². The molecule has 0 amide bonds. The third-order valence-electron chi connectivity index (χ3n) is 2.49. The molecule has 17 heavy (non-hydrogen) atoms. The van der Waals surface area contributed by atoms with Crippen molar-refractivity contribution in [2.75, 3.05) is 12.3 Å². The lowest BCUT2D eigenvalue weighted by Crippen LogP contribution is -2.20. The van der Waals surface area contributed by atoms with Gasteiger partial charge in [-0.05, 0) is 19.3 Å². The van der Waals surface area contributed by atoms with Crippen molar-refractivity contribution in [3.63, 3.8) is 0 Å². The van der Waals surface area contributed by atoms with Gasteiger partial charge in [-0.15, -0.1) is 0 Å². The summed E-state index contributed by atoms with van der Waals surface area (Å²) in [7, 11) is 0. The normalized spacial score (nSPS) is 12.5. The number of nitrogens with two attached hydrogens (primary N) is 1. The van der Waals surface area contributed by atoms with Gasteiger partial charge in [0.25, 0.3) is 0 Å². The topological polar surface area (TPSA) is 70.3 Å². The molecule has 2 N–H and O–H groups in total. The van der Waals surface area contributed by atoms with Crippen LogP contribution in [0.2, 0.25) is 0 Å². The van der Waals surface area contributed by atoms with Gasteiger partial charge in [-0.25, -0.2) is 0 Å². The molecule has 0 aliphatic heterocycles. The van der Waals surface area contributed by atoms with Crippen LogP contribution < -0.4 is 15.2 Å². The summed E-state index contributed by atoms with van der Waals surface area (Å²) < 4.78 is 11.1. The van der Waals surface area contributed by atoms with Crippen molar-refractivity contribution in [3.8, 4) is 11.8 Å². The van der Waals surface area contributed by atoms with Crippen LogP contribution in [0.25, 0.3) is 0 Å². The number of nitrogen functional groups attached to an aromatic ring is 1. The minimum absolute atomic E-state index is 0.0474. The molecule has 1 aromatic rings. The van der Waals surface area contributed by atoms with Crippen LogP contribution in [0.4, 0.5) is 5.69 Å². The van der Waals surface area contributed by atoms with Crippen molar-refractivity contribution in [2.24, 2.45) is 5.92 Å². The first-order valence-corrected chi connectivity index (χ1v) is 5.96. The molecule has 0 radical (unpaired) electrons. The van der Waals surface area contributed by atoms with E-state index in [0.717, 1.165) is 6.42 Å². The fourth-order valence-electron chi connectivity index (χ4n) is 1.08. The lowest BCUT2D eigenvalue weighted by Gasteiger charge is -2.18. The monoisotopic (exact) mass is 239 g/mol. The van der Waals surface area contributed by atoms with Crippen molar-refractivity contribution in [1.29, 1.82) is 0 Å². The Hall–Kier alpha value is -1.52. The number of hydrogen-bond donors (Lipinski definition) is 1. The molecule has 5 nitrogen and oxygen atoms in total. The Morgan fingerprint density at radius 2 is 1.88 bits per heavy atom. The first kappa shape index (κ1) is 13.5. The van der Waals surface area contributed by atoms with Gasteiger partial charge < -0.3 is 15.2 Å². The highest BCUT2D eigenvalue weighted by molar-refractivity contribution is 5.55. The van der Waals surface area contributed by atoms with Gasteiger partial charge in [0.05, 0.1) is 6.61 Å². The van der Waals surface area contributed by atoms with E-state index in [1.165, 1.54) is 6.33 Å². The molecular weight excluding hydrogens is 218 g/mol. The summed E-state index contributed by atoms with van der Waals surface area (Å²) in [5, 5.41) is 0. The van der Waals surface area contributed by atoms with Crippen molar-refractivity contribution < 1.29 is 9.47 Å². The van der Waals surface area contributed by atoms with Gasteiger partial charge in [0.1, 0.15) is 12.4 Å². The minimum Gasteiger partial charge on any atom is -0.476 e. The Kier molecular flexibility index (Phi) is 5.00. The van der Waals surface area contributed by atoms with E-state index < -0.39 is 0 Å². The van der Waals surface area contributed by atoms with Crippen molar-refractivity contribution in [3.05, 3.63) is 6.33 Å². The van der Waals surface area contributed by atoms with E-state index in [1.807, 2.05) is 13.8 Å². The van der Waals surface area contributed by atoms with E-state index in [4.69, 9.17) is 15.2 Å². The van der Waals surface area contributed by atoms with E-state index in [9.17, 15) is 0 Å². The van der Waals surface area contributed by atoms with Crippen molar-refractivity contribution >= 4 is 5.69 Å². The third kappa shape index (κ3) is 3.76. The van der Waals surface area contributed by atoms with Crippen molar-refractivity contribution in [1.82, 2.24) is 9.97 Å². The second-order valence-corrected chi connectivity index (χ2v) is 4.31. The smallest absolute Gasteiger partial charge is 0.244 e. The minimum atomic E-state index is 0.0474. The second-order valence-electron chi connectivity index (χ2n) is 4.31. The van der Waals surface area contributed by atoms with Gasteiger partial charge in [-0.1, -0.05) is 20.8 Å². The molecule has 1 rings (SSSR count). The summed E-state index contributed by atoms with van der Waals surface area (Å²) in [6, 6.07) is 0. The van der Waals surface area contributed by atoms with Crippen LogP contribution in [0, 0.1) is 5.92 Å². The van der Waals surface area contributed by atoms with E-state index in [-0.39, 0.29) is 6.10 Å². The quantitative estimate of drug-likeness (QED) is 0.824. The van der Waals surface area contributed by atoms with Gasteiger partial charge in [0, 0.05) is 0 Å². The third-order valence-corrected chi connectivity index (χ3v) is 2.49. The molecule has 96 valence electrons. The number of nitrogens with zero attached hydrogens (tertiary/aromatic N) is 2. The van der Waals surface area contributed by atoms with E-state index >= 15 is 0 Å². The van der Waals surface area contributed by atoms with E-state index in [0.29, 0.717) is 30.0 Å². The first-order valence-electron chi connectivity index (χ1n) is 5.96. The molecule has 1 unspecified atom stereocenters. The fraction of sp³-hybridized carbons (Fsp3) is 0.667. The van der Waals surface area contributed by atoms with Gasteiger partial charge in [0.15, 0.2) is 5.69 Å². The van der Waals surface area contributed by atoms with Gasteiger partial charge in [-0.2, -0.15) is 9.97 Å².